The fourth-order valence-electron chi connectivity index (χ4n) is 2.39. The maximum Gasteiger partial charge on any atom is 0.255 e. The van der Waals surface area contributed by atoms with E-state index in [4.69, 9.17) is 10.5 Å². The van der Waals surface area contributed by atoms with Crippen molar-refractivity contribution in [3.8, 4) is 10.8 Å². The van der Waals surface area contributed by atoms with Gasteiger partial charge < -0.3 is 21.1 Å². The molecule has 3 aromatic rings. The third kappa shape index (κ3) is 5.21. The number of carbonyl (C=O) groups is 1. The minimum atomic E-state index is -0.249. The molecule has 1 amide bonds. The summed E-state index contributed by atoms with van der Waals surface area (Å²) in [5.41, 5.74) is 6.29. The molecule has 0 unspecified atom stereocenters. The number of amides is 1. The van der Waals surface area contributed by atoms with Crippen LogP contribution >= 0.6 is 11.3 Å². The van der Waals surface area contributed by atoms with Crippen LogP contribution in [-0.2, 0) is 6.54 Å². The lowest BCUT2D eigenvalue weighted by atomic mass is 10.2. The van der Waals surface area contributed by atoms with Crippen LogP contribution < -0.4 is 21.1 Å². The lowest BCUT2D eigenvalue weighted by molar-refractivity contribution is 0.0952. The number of aromatic nitrogens is 1. The van der Waals surface area contributed by atoms with Crippen LogP contribution in [-0.4, -0.2) is 17.4 Å². The average molecular weight is 382 g/mol. The Balaban J connectivity index is 1.56. The predicted molar refractivity (Wildman–Crippen MR) is 109 cm³/mol. The minimum absolute atomic E-state index is 0.216. The SMILES string of the molecule is CCCNc1ccc(C(=O)NCc2ccc(Oc3ccccc3)s2)c(N)n1. The first-order valence-electron chi connectivity index (χ1n) is 8.76. The Labute approximate surface area is 162 Å². The molecule has 1 aromatic carbocycles. The summed E-state index contributed by atoms with van der Waals surface area (Å²) >= 11 is 1.49. The molecule has 0 radical (unpaired) electrons. The first-order chi connectivity index (χ1) is 13.2. The molecule has 6 nitrogen and oxygen atoms in total. The molecule has 4 N–H and O–H groups in total. The molecule has 0 aliphatic rings. The van der Waals surface area contributed by atoms with Gasteiger partial charge in [0.2, 0.25) is 0 Å². The average Bonchev–Trinajstić information content (AvgIpc) is 3.12. The van der Waals surface area contributed by atoms with Crippen LogP contribution in [0.25, 0.3) is 0 Å². The van der Waals surface area contributed by atoms with E-state index in [2.05, 4.69) is 22.5 Å². The zero-order valence-corrected chi connectivity index (χ0v) is 15.9. The van der Waals surface area contributed by atoms with Crippen molar-refractivity contribution in [3.05, 3.63) is 65.0 Å². The predicted octanol–water partition coefficient (Wildman–Crippen LogP) is 4.27. The lowest BCUT2D eigenvalue weighted by Crippen LogP contribution is -2.24. The lowest BCUT2D eigenvalue weighted by Gasteiger charge is -2.09. The molecule has 140 valence electrons. The first-order valence-corrected chi connectivity index (χ1v) is 9.57. The topological polar surface area (TPSA) is 89.3 Å². The molecule has 0 aliphatic carbocycles. The summed E-state index contributed by atoms with van der Waals surface area (Å²) in [5.74, 6) is 1.42. The quantitative estimate of drug-likeness (QED) is 0.541. The highest BCUT2D eigenvalue weighted by Crippen LogP contribution is 2.29. The van der Waals surface area contributed by atoms with Crippen LogP contribution in [0.15, 0.2) is 54.6 Å². The van der Waals surface area contributed by atoms with Gasteiger partial charge in [0.1, 0.15) is 17.4 Å². The van der Waals surface area contributed by atoms with Crippen molar-refractivity contribution < 1.29 is 9.53 Å². The number of rotatable bonds is 8. The zero-order chi connectivity index (χ0) is 19.1. The number of ether oxygens (including phenoxy) is 1. The fourth-order valence-corrected chi connectivity index (χ4v) is 3.21. The summed E-state index contributed by atoms with van der Waals surface area (Å²) in [4.78, 5) is 17.6. The van der Waals surface area contributed by atoms with Gasteiger partial charge in [-0.15, -0.1) is 11.3 Å². The second-order valence-electron chi connectivity index (χ2n) is 5.87. The van der Waals surface area contributed by atoms with E-state index < -0.39 is 0 Å². The highest BCUT2D eigenvalue weighted by molar-refractivity contribution is 7.13. The molecular formula is C20H22N4O2S. The molecule has 0 atom stereocenters. The van der Waals surface area contributed by atoms with E-state index in [1.165, 1.54) is 11.3 Å². The van der Waals surface area contributed by atoms with Gasteiger partial charge in [-0.05, 0) is 42.8 Å². The molecule has 7 heteroatoms. The summed E-state index contributed by atoms with van der Waals surface area (Å²) in [7, 11) is 0. The fraction of sp³-hybridized carbons (Fsp3) is 0.200. The molecule has 0 saturated heterocycles. The van der Waals surface area contributed by atoms with Crippen molar-refractivity contribution in [1.29, 1.82) is 0 Å². The molecule has 0 aliphatic heterocycles. The molecule has 3 rings (SSSR count). The second-order valence-corrected chi connectivity index (χ2v) is 7.01. The molecule has 2 heterocycles. The second kappa shape index (κ2) is 9.05. The number of nitrogens with one attached hydrogen (secondary N) is 2. The number of thiophene rings is 1. The van der Waals surface area contributed by atoms with Gasteiger partial charge in [0.05, 0.1) is 12.1 Å². The third-order valence-electron chi connectivity index (χ3n) is 3.75. The van der Waals surface area contributed by atoms with Crippen LogP contribution in [0.1, 0.15) is 28.6 Å². The molecule has 0 saturated carbocycles. The maximum absolute atomic E-state index is 12.4. The number of nitrogens with zero attached hydrogens (tertiary/aromatic N) is 1. The van der Waals surface area contributed by atoms with Gasteiger partial charge in [-0.25, -0.2) is 4.98 Å². The summed E-state index contributed by atoms with van der Waals surface area (Å²) in [6.07, 6.45) is 0.987. The summed E-state index contributed by atoms with van der Waals surface area (Å²) in [6, 6.07) is 16.9. The van der Waals surface area contributed by atoms with E-state index in [9.17, 15) is 4.79 Å². The largest absolute Gasteiger partial charge is 0.447 e. The summed E-state index contributed by atoms with van der Waals surface area (Å²) in [6.45, 7) is 3.28. The van der Waals surface area contributed by atoms with Crippen LogP contribution in [0, 0.1) is 0 Å². The van der Waals surface area contributed by atoms with Crippen LogP contribution in [0.4, 0.5) is 11.6 Å². The van der Waals surface area contributed by atoms with Crippen LogP contribution in [0.5, 0.6) is 10.8 Å². The number of nitrogen functional groups attached to an aromatic ring is 1. The standard InChI is InChI=1S/C20H22N4O2S/c1-2-12-22-17-10-9-16(19(21)24-17)20(25)23-13-15-8-11-18(27-15)26-14-6-4-3-5-7-14/h3-11H,2,12-13H2,1H3,(H,23,25)(H3,21,22,24). The smallest absolute Gasteiger partial charge is 0.255 e. The van der Waals surface area contributed by atoms with E-state index in [1.54, 1.807) is 12.1 Å². The number of nitrogens with two attached hydrogens (primary N) is 1. The van der Waals surface area contributed by atoms with E-state index in [0.717, 1.165) is 28.7 Å². The normalized spacial score (nSPS) is 10.4. The van der Waals surface area contributed by atoms with Crippen molar-refractivity contribution in [1.82, 2.24) is 10.3 Å². The molecular weight excluding hydrogens is 360 g/mol. The van der Waals surface area contributed by atoms with Crippen molar-refractivity contribution in [2.75, 3.05) is 17.6 Å². The number of para-hydroxylation sites is 1. The molecule has 0 fully saturated rings. The monoisotopic (exact) mass is 382 g/mol. The van der Waals surface area contributed by atoms with E-state index in [-0.39, 0.29) is 11.7 Å². The van der Waals surface area contributed by atoms with Crippen molar-refractivity contribution >= 4 is 28.9 Å². The number of hydrogen-bond donors (Lipinski definition) is 3. The Morgan fingerprint density at radius 3 is 2.70 bits per heavy atom. The number of pyridine rings is 1. The van der Waals surface area contributed by atoms with Gasteiger partial charge >= 0.3 is 0 Å². The van der Waals surface area contributed by atoms with Gasteiger partial charge in [-0.3, -0.25) is 4.79 Å². The van der Waals surface area contributed by atoms with Crippen molar-refractivity contribution in [3.63, 3.8) is 0 Å². The highest BCUT2D eigenvalue weighted by Gasteiger charge is 2.12. The summed E-state index contributed by atoms with van der Waals surface area (Å²) < 4.78 is 5.78. The van der Waals surface area contributed by atoms with E-state index >= 15 is 0 Å². The van der Waals surface area contributed by atoms with Gasteiger partial charge in [0.25, 0.3) is 5.91 Å². The summed E-state index contributed by atoms with van der Waals surface area (Å²) in [5, 5.41) is 6.79. The highest BCUT2D eigenvalue weighted by atomic mass is 32.1. The van der Waals surface area contributed by atoms with E-state index in [0.29, 0.717) is 17.9 Å². The molecule has 0 spiro atoms. The first kappa shape index (κ1) is 18.7. The molecule has 27 heavy (non-hydrogen) atoms. The van der Waals surface area contributed by atoms with Crippen molar-refractivity contribution in [2.24, 2.45) is 0 Å². The van der Waals surface area contributed by atoms with Gasteiger partial charge in [-0.1, -0.05) is 25.1 Å². The Hall–Kier alpha value is -3.06. The number of anilines is 2. The van der Waals surface area contributed by atoms with Gasteiger partial charge in [0.15, 0.2) is 5.06 Å². The maximum atomic E-state index is 12.4. The molecule has 0 bridgehead atoms. The van der Waals surface area contributed by atoms with Gasteiger partial charge in [0, 0.05) is 11.4 Å². The van der Waals surface area contributed by atoms with Crippen molar-refractivity contribution in [2.45, 2.75) is 19.9 Å². The Bertz CT molecular complexity index is 896. The molecule has 2 aromatic heterocycles. The van der Waals surface area contributed by atoms with Crippen LogP contribution in [0.3, 0.4) is 0 Å². The third-order valence-corrected chi connectivity index (χ3v) is 4.71. The Morgan fingerprint density at radius 1 is 1.15 bits per heavy atom. The van der Waals surface area contributed by atoms with E-state index in [1.807, 2.05) is 42.5 Å². The van der Waals surface area contributed by atoms with Crippen LogP contribution in [0.2, 0.25) is 0 Å². The Kier molecular flexibility index (Phi) is 6.27. The van der Waals surface area contributed by atoms with Gasteiger partial charge in [-0.2, -0.15) is 0 Å². The zero-order valence-electron chi connectivity index (χ0n) is 15.1. The number of carbonyl (C=O) groups excluding carboxylic acids is 1. The number of benzene rings is 1. The Morgan fingerprint density at radius 2 is 1.96 bits per heavy atom. The minimum Gasteiger partial charge on any atom is -0.447 e. The number of hydrogen-bond acceptors (Lipinski definition) is 6.